The largest absolute Gasteiger partial charge is 0.418 e. The number of amides is 2. The quantitative estimate of drug-likeness (QED) is 0.210. The molecule has 2 amide bonds. The third-order valence-electron chi connectivity index (χ3n) is 7.54. The summed E-state index contributed by atoms with van der Waals surface area (Å²) in [5.74, 6) is -0.373. The molecule has 1 aliphatic carbocycles. The van der Waals surface area contributed by atoms with E-state index in [1.807, 2.05) is 12.1 Å². The van der Waals surface area contributed by atoms with Crippen LogP contribution in [0.25, 0.3) is 22.0 Å². The van der Waals surface area contributed by atoms with Gasteiger partial charge in [-0.05, 0) is 66.6 Å². The molecule has 5 nitrogen and oxygen atoms in total. The molecule has 0 bridgehead atoms. The number of halogens is 3. The van der Waals surface area contributed by atoms with Crippen LogP contribution in [0.15, 0.2) is 97.2 Å². The number of alkyl halides is 3. The number of hydrogen-bond acceptors (Lipinski definition) is 3. The molecule has 4 aromatic carbocycles. The van der Waals surface area contributed by atoms with E-state index < -0.39 is 17.8 Å². The normalized spacial score (nSPS) is 12.9. The SMILES string of the molecule is O=C(Nc1cccc(-c2c(C(=O)c3ccccc3)cnc3c(C(F)(F)F)cccc23)c1)Nc1cccc2c1CCCC2. The van der Waals surface area contributed by atoms with Gasteiger partial charge < -0.3 is 10.6 Å². The van der Waals surface area contributed by atoms with E-state index in [4.69, 9.17) is 0 Å². The van der Waals surface area contributed by atoms with E-state index in [0.29, 0.717) is 22.4 Å². The molecule has 42 heavy (non-hydrogen) atoms. The fourth-order valence-electron chi connectivity index (χ4n) is 5.62. The van der Waals surface area contributed by atoms with E-state index in [1.165, 1.54) is 23.9 Å². The zero-order valence-corrected chi connectivity index (χ0v) is 22.5. The third-order valence-corrected chi connectivity index (χ3v) is 7.54. The molecule has 6 rings (SSSR count). The van der Waals surface area contributed by atoms with Crippen LogP contribution in [0.2, 0.25) is 0 Å². The Balaban J connectivity index is 1.40. The van der Waals surface area contributed by atoms with E-state index in [9.17, 15) is 22.8 Å². The Labute approximate surface area is 240 Å². The monoisotopic (exact) mass is 565 g/mol. The number of nitrogens with zero attached hydrogens (tertiary/aromatic N) is 1. The molecule has 0 fully saturated rings. The molecule has 0 atom stereocenters. The summed E-state index contributed by atoms with van der Waals surface area (Å²) in [5.41, 5.74) is 3.73. The number of anilines is 2. The van der Waals surface area contributed by atoms with Crippen molar-refractivity contribution in [3.8, 4) is 11.1 Å². The van der Waals surface area contributed by atoms with Crippen LogP contribution in [-0.4, -0.2) is 16.8 Å². The van der Waals surface area contributed by atoms with Crippen LogP contribution in [0.3, 0.4) is 0 Å². The van der Waals surface area contributed by atoms with Gasteiger partial charge in [0, 0.05) is 39.6 Å². The van der Waals surface area contributed by atoms with Gasteiger partial charge in [-0.15, -0.1) is 0 Å². The van der Waals surface area contributed by atoms with Gasteiger partial charge in [-0.3, -0.25) is 9.78 Å². The maximum atomic E-state index is 13.9. The lowest BCUT2D eigenvalue weighted by atomic mass is 9.90. The average Bonchev–Trinajstić information content (AvgIpc) is 3.00. The number of aryl methyl sites for hydroxylation is 1. The van der Waals surface area contributed by atoms with E-state index in [0.717, 1.165) is 43.0 Å². The second kappa shape index (κ2) is 11.1. The molecule has 8 heteroatoms. The number of para-hydroxylation sites is 1. The van der Waals surface area contributed by atoms with Gasteiger partial charge in [0.1, 0.15) is 0 Å². The number of rotatable bonds is 5. The number of fused-ring (bicyclic) bond motifs is 2. The third kappa shape index (κ3) is 5.35. The van der Waals surface area contributed by atoms with Crippen molar-refractivity contribution >= 4 is 34.1 Å². The van der Waals surface area contributed by atoms with Gasteiger partial charge in [0.05, 0.1) is 11.1 Å². The van der Waals surface area contributed by atoms with Crippen LogP contribution in [0, 0.1) is 0 Å². The summed E-state index contributed by atoms with van der Waals surface area (Å²) < 4.78 is 41.7. The second-order valence-electron chi connectivity index (χ2n) is 10.3. The Hall–Kier alpha value is -4.98. The lowest BCUT2D eigenvalue weighted by Gasteiger charge is -2.20. The van der Waals surface area contributed by atoms with Crippen molar-refractivity contribution in [1.82, 2.24) is 4.98 Å². The first-order valence-corrected chi connectivity index (χ1v) is 13.7. The highest BCUT2D eigenvalue weighted by atomic mass is 19.4. The van der Waals surface area contributed by atoms with Crippen molar-refractivity contribution in [2.75, 3.05) is 10.6 Å². The highest BCUT2D eigenvalue weighted by molar-refractivity contribution is 6.17. The molecule has 0 spiro atoms. The van der Waals surface area contributed by atoms with E-state index in [-0.39, 0.29) is 22.2 Å². The molecule has 0 unspecified atom stereocenters. The first-order chi connectivity index (χ1) is 20.3. The first kappa shape index (κ1) is 27.2. The summed E-state index contributed by atoms with van der Waals surface area (Å²) in [6.07, 6.45) is 0.636. The summed E-state index contributed by atoms with van der Waals surface area (Å²) in [6, 6.07) is 24.5. The molecule has 1 aliphatic rings. The minimum Gasteiger partial charge on any atom is -0.308 e. The average molecular weight is 566 g/mol. The topological polar surface area (TPSA) is 71.1 Å². The van der Waals surface area contributed by atoms with Gasteiger partial charge in [0.25, 0.3) is 0 Å². The number of pyridine rings is 1. The molecule has 2 N–H and O–H groups in total. The Bertz CT molecular complexity index is 1820. The number of aromatic nitrogens is 1. The molecule has 0 radical (unpaired) electrons. The number of benzene rings is 4. The van der Waals surface area contributed by atoms with Gasteiger partial charge in [0.15, 0.2) is 5.78 Å². The summed E-state index contributed by atoms with van der Waals surface area (Å²) >= 11 is 0. The van der Waals surface area contributed by atoms with Gasteiger partial charge in [0.2, 0.25) is 0 Å². The number of urea groups is 1. The predicted octanol–water partition coefficient (Wildman–Crippen LogP) is 8.67. The van der Waals surface area contributed by atoms with E-state index in [2.05, 4.69) is 21.7 Å². The Kier molecular flexibility index (Phi) is 7.20. The lowest BCUT2D eigenvalue weighted by Crippen LogP contribution is -2.21. The van der Waals surface area contributed by atoms with E-state index in [1.54, 1.807) is 54.6 Å². The van der Waals surface area contributed by atoms with Crippen LogP contribution < -0.4 is 10.6 Å². The minimum absolute atomic E-state index is 0.158. The van der Waals surface area contributed by atoms with Crippen molar-refractivity contribution < 1.29 is 22.8 Å². The van der Waals surface area contributed by atoms with Crippen LogP contribution in [0.4, 0.5) is 29.3 Å². The van der Waals surface area contributed by atoms with Crippen LogP contribution in [0.1, 0.15) is 45.5 Å². The minimum atomic E-state index is -4.63. The molecular weight excluding hydrogens is 539 g/mol. The van der Waals surface area contributed by atoms with Crippen LogP contribution in [-0.2, 0) is 19.0 Å². The molecule has 0 aliphatic heterocycles. The smallest absolute Gasteiger partial charge is 0.308 e. The maximum absolute atomic E-state index is 13.9. The number of hydrogen-bond donors (Lipinski definition) is 2. The Morgan fingerprint density at radius 3 is 2.36 bits per heavy atom. The number of carbonyl (C=O) groups excluding carboxylic acids is 2. The predicted molar refractivity (Wildman–Crippen MR) is 158 cm³/mol. The summed E-state index contributed by atoms with van der Waals surface area (Å²) in [6.45, 7) is 0. The maximum Gasteiger partial charge on any atom is 0.418 e. The first-order valence-electron chi connectivity index (χ1n) is 13.7. The van der Waals surface area contributed by atoms with Crippen LogP contribution in [0.5, 0.6) is 0 Å². The molecule has 0 saturated heterocycles. The molecule has 1 heterocycles. The molecule has 0 saturated carbocycles. The van der Waals surface area contributed by atoms with Gasteiger partial charge in [-0.1, -0.05) is 66.7 Å². The standard InChI is InChI=1S/C34H26F3N3O2/c35-34(36,37)28-17-8-16-26-30(27(20-38-31(26)28)32(41)22-10-2-1-3-11-22)23-13-6-14-24(19-23)39-33(42)40-29-18-7-12-21-9-4-5-15-25(21)29/h1-3,6-8,10-14,16-20H,4-5,9,15H2,(H2,39,40,42). The molecular formula is C34H26F3N3O2. The van der Waals surface area contributed by atoms with Gasteiger partial charge in [-0.25, -0.2) is 4.79 Å². The van der Waals surface area contributed by atoms with E-state index >= 15 is 0 Å². The fraction of sp³-hybridized carbons (Fsp3) is 0.147. The fourth-order valence-corrected chi connectivity index (χ4v) is 5.62. The lowest BCUT2D eigenvalue weighted by molar-refractivity contribution is -0.136. The number of ketones is 1. The molecule has 210 valence electrons. The Morgan fingerprint density at radius 2 is 1.55 bits per heavy atom. The zero-order chi connectivity index (χ0) is 29.3. The highest BCUT2D eigenvalue weighted by Gasteiger charge is 2.34. The summed E-state index contributed by atoms with van der Waals surface area (Å²) in [7, 11) is 0. The van der Waals surface area contributed by atoms with Crippen molar-refractivity contribution in [2.24, 2.45) is 0 Å². The van der Waals surface area contributed by atoms with Crippen molar-refractivity contribution in [3.05, 3.63) is 125 Å². The Morgan fingerprint density at radius 1 is 0.786 bits per heavy atom. The van der Waals surface area contributed by atoms with Gasteiger partial charge >= 0.3 is 12.2 Å². The number of nitrogens with one attached hydrogen (secondary N) is 2. The second-order valence-corrected chi connectivity index (χ2v) is 10.3. The zero-order valence-electron chi connectivity index (χ0n) is 22.5. The van der Waals surface area contributed by atoms with Crippen LogP contribution >= 0.6 is 0 Å². The summed E-state index contributed by atoms with van der Waals surface area (Å²) in [4.78, 5) is 30.8. The van der Waals surface area contributed by atoms with Crippen molar-refractivity contribution in [2.45, 2.75) is 31.9 Å². The summed E-state index contributed by atoms with van der Waals surface area (Å²) in [5, 5.41) is 5.97. The number of carbonyl (C=O) groups is 2. The van der Waals surface area contributed by atoms with Crippen molar-refractivity contribution in [3.63, 3.8) is 0 Å². The van der Waals surface area contributed by atoms with Crippen molar-refractivity contribution in [1.29, 1.82) is 0 Å². The highest BCUT2D eigenvalue weighted by Crippen LogP contribution is 2.39. The van der Waals surface area contributed by atoms with Gasteiger partial charge in [-0.2, -0.15) is 13.2 Å². The molecule has 1 aromatic heterocycles. The molecule has 5 aromatic rings.